The van der Waals surface area contributed by atoms with Crippen molar-refractivity contribution >= 4 is 12.6 Å². The maximum absolute atomic E-state index is 8.99. The van der Waals surface area contributed by atoms with E-state index < -0.39 is 7.12 Å². The molecule has 86 valence electrons. The SMILES string of the molecule is OB(O)c1cncc(OCc2ccncc2)c1. The Labute approximate surface area is 98.9 Å². The molecule has 0 aliphatic carbocycles. The van der Waals surface area contributed by atoms with E-state index in [0.717, 1.165) is 5.56 Å². The third kappa shape index (κ3) is 3.27. The van der Waals surface area contributed by atoms with E-state index in [1.165, 1.54) is 12.4 Å². The first-order chi connectivity index (χ1) is 8.25. The van der Waals surface area contributed by atoms with Crippen molar-refractivity contribution in [2.45, 2.75) is 6.61 Å². The molecule has 0 bridgehead atoms. The molecule has 0 atom stereocenters. The number of rotatable bonds is 4. The van der Waals surface area contributed by atoms with E-state index in [1.54, 1.807) is 18.5 Å². The first-order valence-corrected chi connectivity index (χ1v) is 5.08. The molecule has 0 aliphatic heterocycles. The quantitative estimate of drug-likeness (QED) is 0.707. The van der Waals surface area contributed by atoms with Gasteiger partial charge in [0.25, 0.3) is 0 Å². The third-order valence-electron chi connectivity index (χ3n) is 2.19. The fraction of sp³-hybridized carbons (Fsp3) is 0.0909. The van der Waals surface area contributed by atoms with Gasteiger partial charge < -0.3 is 14.8 Å². The normalized spacial score (nSPS) is 10.0. The van der Waals surface area contributed by atoms with E-state index in [4.69, 9.17) is 14.8 Å². The molecule has 0 unspecified atom stereocenters. The summed E-state index contributed by atoms with van der Waals surface area (Å²) in [5.74, 6) is 0.493. The molecule has 0 radical (unpaired) electrons. The molecule has 0 aromatic carbocycles. The third-order valence-corrected chi connectivity index (χ3v) is 2.19. The number of hydrogen-bond donors (Lipinski definition) is 2. The molecule has 2 aromatic rings. The minimum Gasteiger partial charge on any atom is -0.487 e. The van der Waals surface area contributed by atoms with Crippen LogP contribution >= 0.6 is 0 Å². The number of pyridine rings is 2. The summed E-state index contributed by atoms with van der Waals surface area (Å²) < 4.78 is 5.47. The molecule has 0 amide bonds. The summed E-state index contributed by atoms with van der Waals surface area (Å²) in [4.78, 5) is 7.76. The average Bonchev–Trinajstić information content (AvgIpc) is 2.38. The van der Waals surface area contributed by atoms with Crippen LogP contribution in [0.15, 0.2) is 43.0 Å². The molecule has 17 heavy (non-hydrogen) atoms. The van der Waals surface area contributed by atoms with Crippen LogP contribution in [0.25, 0.3) is 0 Å². The maximum atomic E-state index is 8.99. The van der Waals surface area contributed by atoms with E-state index >= 15 is 0 Å². The van der Waals surface area contributed by atoms with Crippen LogP contribution < -0.4 is 10.2 Å². The first-order valence-electron chi connectivity index (χ1n) is 5.08. The van der Waals surface area contributed by atoms with Crippen LogP contribution in [0.2, 0.25) is 0 Å². The van der Waals surface area contributed by atoms with E-state index in [2.05, 4.69) is 9.97 Å². The van der Waals surface area contributed by atoms with Gasteiger partial charge >= 0.3 is 7.12 Å². The minimum absolute atomic E-state index is 0.303. The highest BCUT2D eigenvalue weighted by Gasteiger charge is 2.11. The topological polar surface area (TPSA) is 75.5 Å². The summed E-state index contributed by atoms with van der Waals surface area (Å²) in [5.41, 5.74) is 1.28. The van der Waals surface area contributed by atoms with Gasteiger partial charge in [-0.2, -0.15) is 0 Å². The number of hydrogen-bond acceptors (Lipinski definition) is 5. The summed E-state index contributed by atoms with van der Waals surface area (Å²) in [7, 11) is -1.54. The van der Waals surface area contributed by atoms with Crippen LogP contribution in [0.3, 0.4) is 0 Å². The molecule has 0 aliphatic rings. The molecule has 0 fully saturated rings. The van der Waals surface area contributed by atoms with Gasteiger partial charge in [-0.15, -0.1) is 0 Å². The second-order valence-electron chi connectivity index (χ2n) is 3.47. The van der Waals surface area contributed by atoms with Crippen molar-refractivity contribution in [1.82, 2.24) is 9.97 Å². The first kappa shape index (κ1) is 11.6. The van der Waals surface area contributed by atoms with Gasteiger partial charge in [-0.3, -0.25) is 9.97 Å². The van der Waals surface area contributed by atoms with Crippen molar-refractivity contribution in [3.05, 3.63) is 48.5 Å². The van der Waals surface area contributed by atoms with E-state index in [-0.39, 0.29) is 0 Å². The Bertz CT molecular complexity index is 479. The Morgan fingerprint density at radius 3 is 2.59 bits per heavy atom. The van der Waals surface area contributed by atoms with Gasteiger partial charge in [-0.05, 0) is 23.8 Å². The fourth-order valence-corrected chi connectivity index (χ4v) is 1.30. The maximum Gasteiger partial charge on any atom is 0.490 e. The molecule has 0 spiro atoms. The Hall–Kier alpha value is -1.92. The van der Waals surface area contributed by atoms with Crippen LogP contribution in [0.5, 0.6) is 5.75 Å². The minimum atomic E-state index is -1.54. The molecule has 2 heterocycles. The van der Waals surface area contributed by atoms with Gasteiger partial charge in [0.15, 0.2) is 0 Å². The van der Waals surface area contributed by atoms with Gasteiger partial charge in [0.2, 0.25) is 0 Å². The lowest BCUT2D eigenvalue weighted by Gasteiger charge is -2.07. The van der Waals surface area contributed by atoms with Crippen LogP contribution in [0.1, 0.15) is 5.56 Å². The highest BCUT2D eigenvalue weighted by atomic mass is 16.5. The van der Waals surface area contributed by atoms with Crippen molar-refractivity contribution in [3.8, 4) is 5.75 Å². The summed E-state index contributed by atoms with van der Waals surface area (Å²) in [5, 5.41) is 18.0. The van der Waals surface area contributed by atoms with Crippen LogP contribution in [-0.4, -0.2) is 27.1 Å². The van der Waals surface area contributed by atoms with Gasteiger partial charge in [-0.1, -0.05) is 0 Å². The Kier molecular flexibility index (Phi) is 3.69. The predicted molar refractivity (Wildman–Crippen MR) is 62.6 cm³/mol. The Morgan fingerprint density at radius 1 is 1.12 bits per heavy atom. The molecular weight excluding hydrogens is 219 g/mol. The lowest BCUT2D eigenvalue weighted by molar-refractivity contribution is 0.305. The predicted octanol–water partition coefficient (Wildman–Crippen LogP) is -0.265. The fourth-order valence-electron chi connectivity index (χ4n) is 1.30. The van der Waals surface area contributed by atoms with Crippen molar-refractivity contribution in [1.29, 1.82) is 0 Å². The molecule has 2 N–H and O–H groups in total. The second kappa shape index (κ2) is 5.42. The monoisotopic (exact) mass is 230 g/mol. The van der Waals surface area contributed by atoms with Crippen LogP contribution in [0, 0.1) is 0 Å². The van der Waals surface area contributed by atoms with Crippen molar-refractivity contribution < 1.29 is 14.8 Å². The lowest BCUT2D eigenvalue weighted by atomic mass is 9.82. The second-order valence-corrected chi connectivity index (χ2v) is 3.47. The highest BCUT2D eigenvalue weighted by Crippen LogP contribution is 2.08. The van der Waals surface area contributed by atoms with Crippen LogP contribution in [-0.2, 0) is 6.61 Å². The summed E-state index contributed by atoms with van der Waals surface area (Å²) in [6, 6.07) is 5.23. The largest absolute Gasteiger partial charge is 0.490 e. The zero-order valence-corrected chi connectivity index (χ0v) is 9.02. The molecule has 0 saturated heterocycles. The Balaban J connectivity index is 2.02. The summed E-state index contributed by atoms with van der Waals surface area (Å²) in [6.07, 6.45) is 6.27. The average molecular weight is 230 g/mol. The number of nitrogens with zero attached hydrogens (tertiary/aromatic N) is 2. The molecule has 2 aromatic heterocycles. The number of ether oxygens (including phenoxy) is 1. The van der Waals surface area contributed by atoms with Crippen molar-refractivity contribution in [2.24, 2.45) is 0 Å². The highest BCUT2D eigenvalue weighted by molar-refractivity contribution is 6.58. The molecule has 0 saturated carbocycles. The van der Waals surface area contributed by atoms with E-state index in [1.807, 2.05) is 12.1 Å². The van der Waals surface area contributed by atoms with Gasteiger partial charge in [0.05, 0.1) is 6.20 Å². The van der Waals surface area contributed by atoms with Crippen molar-refractivity contribution in [3.63, 3.8) is 0 Å². The molecular formula is C11H11BN2O3. The standard InChI is InChI=1S/C11H11BN2O3/c15-12(16)10-5-11(7-14-6-10)17-8-9-1-3-13-4-2-9/h1-7,15-16H,8H2. The summed E-state index contributed by atoms with van der Waals surface area (Å²) >= 11 is 0. The van der Waals surface area contributed by atoms with E-state index in [9.17, 15) is 0 Å². The molecule has 5 nitrogen and oxygen atoms in total. The molecule has 2 rings (SSSR count). The van der Waals surface area contributed by atoms with Gasteiger partial charge in [0, 0.05) is 24.1 Å². The van der Waals surface area contributed by atoms with Gasteiger partial charge in [0.1, 0.15) is 12.4 Å². The smallest absolute Gasteiger partial charge is 0.487 e. The zero-order valence-electron chi connectivity index (χ0n) is 9.02. The van der Waals surface area contributed by atoms with Crippen LogP contribution in [0.4, 0.5) is 0 Å². The van der Waals surface area contributed by atoms with E-state index in [0.29, 0.717) is 17.8 Å². The van der Waals surface area contributed by atoms with Crippen molar-refractivity contribution in [2.75, 3.05) is 0 Å². The zero-order chi connectivity index (χ0) is 12.1. The molecule has 6 heteroatoms. The Morgan fingerprint density at radius 2 is 1.88 bits per heavy atom. The number of aromatic nitrogens is 2. The summed E-state index contributed by atoms with van der Waals surface area (Å²) in [6.45, 7) is 0.384. The lowest BCUT2D eigenvalue weighted by Crippen LogP contribution is -2.30. The van der Waals surface area contributed by atoms with Gasteiger partial charge in [-0.25, -0.2) is 0 Å².